The molecular weight excluding hydrogens is 335 g/mol. The average Bonchev–Trinajstić information content (AvgIpc) is 2.55. The second-order valence-electron chi connectivity index (χ2n) is 2.66. The van der Waals surface area contributed by atoms with Gasteiger partial charge in [0.15, 0.2) is 0 Å². The highest BCUT2D eigenvalue weighted by Gasteiger charge is 2.06. The van der Waals surface area contributed by atoms with Gasteiger partial charge in [0.05, 0.1) is 5.88 Å². The first-order chi connectivity index (χ1) is 6.22. The first-order valence-corrected chi connectivity index (χ1v) is 6.56. The summed E-state index contributed by atoms with van der Waals surface area (Å²) in [7, 11) is 0. The second-order valence-corrected chi connectivity index (χ2v) is 5.63. The Morgan fingerprint density at radius 2 is 2.23 bits per heavy atom. The van der Waals surface area contributed by atoms with E-state index in [4.69, 9.17) is 11.6 Å². The van der Waals surface area contributed by atoms with Gasteiger partial charge in [-0.25, -0.2) is 0 Å². The van der Waals surface area contributed by atoms with E-state index in [0.29, 0.717) is 5.88 Å². The van der Waals surface area contributed by atoms with Crippen LogP contribution in [0.15, 0.2) is 23.1 Å². The number of thiol groups is 1. The first-order valence-electron chi connectivity index (χ1n) is 3.68. The molecule has 0 fully saturated rings. The molecule has 1 aromatic heterocycles. The minimum atomic E-state index is 0.595. The predicted molar refractivity (Wildman–Crippen MR) is 71.4 cm³/mol. The van der Waals surface area contributed by atoms with E-state index in [-0.39, 0.29) is 0 Å². The van der Waals surface area contributed by atoms with Gasteiger partial charge in [0.1, 0.15) is 0 Å². The molecule has 0 saturated carbocycles. The third kappa shape index (κ3) is 1.84. The molecule has 0 aliphatic heterocycles. The number of alkyl halides is 1. The van der Waals surface area contributed by atoms with Crippen LogP contribution < -0.4 is 0 Å². The number of benzene rings is 1. The highest BCUT2D eigenvalue weighted by Crippen LogP contribution is 2.33. The third-order valence-corrected chi connectivity index (χ3v) is 5.69. The van der Waals surface area contributed by atoms with Gasteiger partial charge in [-0.05, 0) is 40.1 Å². The lowest BCUT2D eigenvalue weighted by Gasteiger charge is -1.96. The summed E-state index contributed by atoms with van der Waals surface area (Å²) in [5.41, 5.74) is 0. The number of halogens is 2. The Labute approximate surface area is 105 Å². The molecule has 2 aromatic rings. The van der Waals surface area contributed by atoms with E-state index in [2.05, 4.69) is 47.4 Å². The van der Waals surface area contributed by atoms with Crippen LogP contribution in [-0.2, 0) is 5.88 Å². The summed E-state index contributed by atoms with van der Waals surface area (Å²) >= 11 is 14.2. The largest absolute Gasteiger partial charge is 0.142 e. The SMILES string of the molecule is Sc1ccc2cc(CCl)sc2c1I. The summed E-state index contributed by atoms with van der Waals surface area (Å²) < 4.78 is 2.52. The van der Waals surface area contributed by atoms with Crippen molar-refractivity contribution in [2.24, 2.45) is 0 Å². The van der Waals surface area contributed by atoms with Gasteiger partial charge in [-0.2, -0.15) is 0 Å². The normalized spacial score (nSPS) is 11.0. The monoisotopic (exact) mass is 340 g/mol. The number of thiophene rings is 1. The number of hydrogen-bond donors (Lipinski definition) is 1. The van der Waals surface area contributed by atoms with Gasteiger partial charge in [-0.3, -0.25) is 0 Å². The standard InChI is InChI=1S/C9H6ClIS2/c10-4-6-3-5-1-2-7(12)8(11)9(5)13-6/h1-3,12H,4H2. The van der Waals surface area contributed by atoms with E-state index in [9.17, 15) is 0 Å². The Balaban J connectivity index is 2.76. The maximum absolute atomic E-state index is 5.78. The van der Waals surface area contributed by atoms with Crippen LogP contribution in [0.3, 0.4) is 0 Å². The molecule has 13 heavy (non-hydrogen) atoms. The van der Waals surface area contributed by atoms with Crippen LogP contribution in [0.5, 0.6) is 0 Å². The maximum Gasteiger partial charge on any atom is 0.0568 e. The zero-order valence-corrected chi connectivity index (χ0v) is 11.2. The van der Waals surface area contributed by atoms with Gasteiger partial charge < -0.3 is 0 Å². The smallest absolute Gasteiger partial charge is 0.0568 e. The molecule has 68 valence electrons. The molecule has 0 aliphatic carbocycles. The van der Waals surface area contributed by atoms with Gasteiger partial charge in [0, 0.05) is 18.0 Å². The van der Waals surface area contributed by atoms with E-state index >= 15 is 0 Å². The molecule has 1 heterocycles. The minimum Gasteiger partial charge on any atom is -0.142 e. The molecule has 0 spiro atoms. The summed E-state index contributed by atoms with van der Waals surface area (Å²) in [4.78, 5) is 2.25. The van der Waals surface area contributed by atoms with Gasteiger partial charge in [-0.1, -0.05) is 6.07 Å². The van der Waals surface area contributed by atoms with Gasteiger partial charge in [0.2, 0.25) is 0 Å². The van der Waals surface area contributed by atoms with Crippen LogP contribution in [0, 0.1) is 3.57 Å². The molecule has 0 unspecified atom stereocenters. The van der Waals surface area contributed by atoms with E-state index in [1.54, 1.807) is 11.3 Å². The summed E-state index contributed by atoms with van der Waals surface area (Å²) in [5.74, 6) is 0.595. The molecule has 0 saturated heterocycles. The highest BCUT2D eigenvalue weighted by molar-refractivity contribution is 14.1. The second kappa shape index (κ2) is 3.96. The molecule has 0 radical (unpaired) electrons. The Morgan fingerprint density at radius 1 is 1.46 bits per heavy atom. The molecule has 2 rings (SSSR count). The molecule has 1 aromatic carbocycles. The third-order valence-electron chi connectivity index (χ3n) is 1.79. The van der Waals surface area contributed by atoms with Crippen molar-refractivity contribution in [2.75, 3.05) is 0 Å². The van der Waals surface area contributed by atoms with Gasteiger partial charge in [0.25, 0.3) is 0 Å². The summed E-state index contributed by atoms with van der Waals surface area (Å²) in [6.07, 6.45) is 0. The van der Waals surface area contributed by atoms with Crippen molar-refractivity contribution in [2.45, 2.75) is 10.8 Å². The number of hydrogen-bond acceptors (Lipinski definition) is 2. The molecule has 0 nitrogen and oxygen atoms in total. The van der Waals surface area contributed by atoms with Crippen LogP contribution in [0.1, 0.15) is 4.88 Å². The fourth-order valence-electron chi connectivity index (χ4n) is 1.18. The summed E-state index contributed by atoms with van der Waals surface area (Å²) in [6.45, 7) is 0. The Hall–Kier alpha value is 0.550. The fourth-order valence-corrected chi connectivity index (χ4v) is 3.45. The summed E-state index contributed by atoms with van der Waals surface area (Å²) in [6, 6.07) is 6.26. The number of fused-ring (bicyclic) bond motifs is 1. The van der Waals surface area contributed by atoms with Gasteiger partial charge >= 0.3 is 0 Å². The molecule has 0 atom stereocenters. The Bertz CT molecular complexity index is 450. The maximum atomic E-state index is 5.78. The molecular formula is C9H6ClIS2. The Kier molecular flexibility index (Phi) is 3.07. The lowest BCUT2D eigenvalue weighted by atomic mass is 10.2. The predicted octanol–water partition coefficient (Wildman–Crippen LogP) is 4.53. The van der Waals surface area contributed by atoms with Gasteiger partial charge in [-0.15, -0.1) is 35.6 Å². The lowest BCUT2D eigenvalue weighted by molar-refractivity contribution is 1.48. The lowest BCUT2D eigenvalue weighted by Crippen LogP contribution is -1.73. The van der Waals surface area contributed by atoms with Crippen LogP contribution >= 0.6 is 58.2 Å². The van der Waals surface area contributed by atoms with Crippen LogP contribution in [0.25, 0.3) is 10.1 Å². The quantitative estimate of drug-likeness (QED) is 0.440. The molecule has 0 N–H and O–H groups in total. The molecule has 0 bridgehead atoms. The minimum absolute atomic E-state index is 0.595. The van der Waals surface area contributed by atoms with E-state index in [1.807, 2.05) is 6.07 Å². The average molecular weight is 341 g/mol. The van der Waals surface area contributed by atoms with Crippen molar-refractivity contribution in [3.05, 3.63) is 26.6 Å². The number of rotatable bonds is 1. The summed E-state index contributed by atoms with van der Waals surface area (Å²) in [5, 5.41) is 1.27. The van der Waals surface area contributed by atoms with Crippen molar-refractivity contribution < 1.29 is 0 Å². The molecule has 0 amide bonds. The van der Waals surface area contributed by atoms with E-state index < -0.39 is 0 Å². The van der Waals surface area contributed by atoms with Crippen molar-refractivity contribution in [1.82, 2.24) is 0 Å². The van der Waals surface area contributed by atoms with Crippen LogP contribution in [-0.4, -0.2) is 0 Å². The van der Waals surface area contributed by atoms with Crippen molar-refractivity contribution in [1.29, 1.82) is 0 Å². The highest BCUT2D eigenvalue weighted by atomic mass is 127. The van der Waals surface area contributed by atoms with Crippen molar-refractivity contribution in [3.8, 4) is 0 Å². The molecule has 4 heteroatoms. The van der Waals surface area contributed by atoms with Crippen molar-refractivity contribution in [3.63, 3.8) is 0 Å². The van der Waals surface area contributed by atoms with E-state index in [0.717, 1.165) is 4.90 Å². The van der Waals surface area contributed by atoms with Crippen molar-refractivity contribution >= 4 is 68.2 Å². The zero-order valence-electron chi connectivity index (χ0n) is 6.55. The fraction of sp³-hybridized carbons (Fsp3) is 0.111. The topological polar surface area (TPSA) is 0 Å². The van der Waals surface area contributed by atoms with E-state index in [1.165, 1.54) is 18.5 Å². The zero-order chi connectivity index (χ0) is 9.42. The molecule has 0 aliphatic rings. The van der Waals surface area contributed by atoms with Crippen LogP contribution in [0.2, 0.25) is 0 Å². The Morgan fingerprint density at radius 3 is 2.92 bits per heavy atom. The first kappa shape index (κ1) is 10.1. The van der Waals surface area contributed by atoms with Crippen LogP contribution in [0.4, 0.5) is 0 Å².